The number of esters is 1. The normalized spacial score (nSPS) is 14.3. The Balaban J connectivity index is 4.87. The second-order valence-corrected chi connectivity index (χ2v) is 15.4. The molecular weight excluding hydrogens is 731 g/mol. The molecule has 6 heteroatoms. The molecule has 3 N–H and O–H groups in total. The number of carbonyl (C=O) groups is 2. The molecule has 0 saturated heterocycles. The summed E-state index contributed by atoms with van der Waals surface area (Å²) in [6.07, 6.45) is 61.8. The Bertz CT molecular complexity index is 1240. The summed E-state index contributed by atoms with van der Waals surface area (Å²) in [6, 6.07) is -0.752. The van der Waals surface area contributed by atoms with Crippen LogP contribution in [0.4, 0.5) is 0 Å². The van der Waals surface area contributed by atoms with Gasteiger partial charge in [-0.25, -0.2) is 0 Å². The average Bonchev–Trinajstić information content (AvgIpc) is 3.23. The molecule has 0 aliphatic carbocycles. The maximum Gasteiger partial charge on any atom is 0.306 e. The number of carbonyl (C=O) groups excluding carboxylic acids is 2. The topological polar surface area (TPSA) is 95.9 Å². The third kappa shape index (κ3) is 41.1. The van der Waals surface area contributed by atoms with E-state index in [0.717, 1.165) is 103 Å². The van der Waals surface area contributed by atoms with Crippen molar-refractivity contribution in [1.29, 1.82) is 0 Å². The minimum absolute atomic E-state index is 0.0634. The molecule has 0 rings (SSSR count). The summed E-state index contributed by atoms with van der Waals surface area (Å²) >= 11 is 0. The van der Waals surface area contributed by atoms with Crippen molar-refractivity contribution in [2.24, 2.45) is 0 Å². The van der Waals surface area contributed by atoms with Crippen molar-refractivity contribution in [2.45, 2.75) is 206 Å². The molecule has 0 spiro atoms. The van der Waals surface area contributed by atoms with Gasteiger partial charge in [0.05, 0.1) is 25.2 Å². The van der Waals surface area contributed by atoms with E-state index in [1.54, 1.807) is 6.08 Å². The molecule has 3 unspecified atom stereocenters. The number of amides is 1. The average molecular weight is 818 g/mol. The smallest absolute Gasteiger partial charge is 0.306 e. The molecule has 0 aliphatic rings. The van der Waals surface area contributed by atoms with E-state index < -0.39 is 18.2 Å². The zero-order chi connectivity index (χ0) is 43.1. The number of allylic oxidation sites excluding steroid dienone is 17. The number of rotatable bonds is 40. The second-order valence-electron chi connectivity index (χ2n) is 15.4. The summed E-state index contributed by atoms with van der Waals surface area (Å²) in [5.74, 6) is -0.670. The molecule has 0 heterocycles. The van der Waals surface area contributed by atoms with Crippen molar-refractivity contribution in [3.63, 3.8) is 0 Å². The lowest BCUT2D eigenvalue weighted by atomic mass is 10.0. The molecule has 334 valence electrons. The Morgan fingerprint density at radius 2 is 0.949 bits per heavy atom. The number of hydrogen-bond donors (Lipinski definition) is 3. The van der Waals surface area contributed by atoms with Crippen molar-refractivity contribution in [2.75, 3.05) is 6.61 Å². The van der Waals surface area contributed by atoms with Gasteiger partial charge in [0.1, 0.15) is 6.10 Å². The van der Waals surface area contributed by atoms with Crippen LogP contribution in [-0.4, -0.2) is 46.9 Å². The van der Waals surface area contributed by atoms with E-state index >= 15 is 0 Å². The zero-order valence-corrected chi connectivity index (χ0v) is 37.8. The fourth-order valence-corrected chi connectivity index (χ4v) is 6.32. The number of unbranched alkanes of at least 4 members (excludes halogenated alkanes) is 12. The monoisotopic (exact) mass is 818 g/mol. The van der Waals surface area contributed by atoms with E-state index in [-0.39, 0.29) is 24.9 Å². The van der Waals surface area contributed by atoms with E-state index in [1.165, 1.54) is 38.5 Å². The van der Waals surface area contributed by atoms with Gasteiger partial charge in [-0.3, -0.25) is 9.59 Å². The first kappa shape index (κ1) is 55.5. The maximum absolute atomic E-state index is 13.1. The van der Waals surface area contributed by atoms with Crippen molar-refractivity contribution in [3.05, 3.63) is 109 Å². The maximum atomic E-state index is 13.1. The molecule has 0 aliphatic heterocycles. The highest BCUT2D eigenvalue weighted by Crippen LogP contribution is 2.14. The van der Waals surface area contributed by atoms with Crippen molar-refractivity contribution >= 4 is 11.9 Å². The summed E-state index contributed by atoms with van der Waals surface area (Å²) in [5.41, 5.74) is 0. The van der Waals surface area contributed by atoms with Gasteiger partial charge >= 0.3 is 5.97 Å². The summed E-state index contributed by atoms with van der Waals surface area (Å²) in [7, 11) is 0. The Morgan fingerprint density at radius 3 is 1.44 bits per heavy atom. The molecular formula is C53H87NO5. The predicted molar refractivity (Wildman–Crippen MR) is 254 cm³/mol. The highest BCUT2D eigenvalue weighted by Gasteiger charge is 2.23. The molecule has 3 atom stereocenters. The molecule has 0 aromatic rings. The molecule has 0 aromatic carbocycles. The van der Waals surface area contributed by atoms with E-state index in [1.807, 2.05) is 6.08 Å². The van der Waals surface area contributed by atoms with Crippen LogP contribution in [0.5, 0.6) is 0 Å². The molecule has 0 bridgehead atoms. The van der Waals surface area contributed by atoms with E-state index in [9.17, 15) is 19.8 Å². The van der Waals surface area contributed by atoms with E-state index in [4.69, 9.17) is 4.74 Å². The van der Waals surface area contributed by atoms with Crippen LogP contribution in [-0.2, 0) is 14.3 Å². The molecule has 1 amide bonds. The third-order valence-corrected chi connectivity index (χ3v) is 9.84. The molecule has 6 nitrogen and oxygen atoms in total. The lowest BCUT2D eigenvalue weighted by molar-refractivity contribution is -0.148. The first-order valence-corrected chi connectivity index (χ1v) is 23.6. The first-order chi connectivity index (χ1) is 29.0. The van der Waals surface area contributed by atoms with Crippen LogP contribution < -0.4 is 5.32 Å². The second kappa shape index (κ2) is 45.6. The number of hydrogen-bond acceptors (Lipinski definition) is 5. The van der Waals surface area contributed by atoms with Gasteiger partial charge in [-0.1, -0.05) is 195 Å². The van der Waals surface area contributed by atoms with Gasteiger partial charge in [-0.2, -0.15) is 0 Å². The molecule has 0 radical (unpaired) electrons. The number of aliphatic hydroxyl groups excluding tert-OH is 2. The summed E-state index contributed by atoms with van der Waals surface area (Å²) < 4.78 is 5.79. The van der Waals surface area contributed by atoms with Crippen LogP contribution in [0.2, 0.25) is 0 Å². The van der Waals surface area contributed by atoms with Gasteiger partial charge in [-0.15, -0.1) is 0 Å². The molecule has 0 saturated carbocycles. The van der Waals surface area contributed by atoms with Gasteiger partial charge in [0, 0.05) is 6.42 Å². The van der Waals surface area contributed by atoms with E-state index in [0.29, 0.717) is 19.3 Å². The summed E-state index contributed by atoms with van der Waals surface area (Å²) in [5, 5.41) is 23.5. The predicted octanol–water partition coefficient (Wildman–Crippen LogP) is 13.9. The Labute approximate surface area is 362 Å². The highest BCUT2D eigenvalue weighted by atomic mass is 16.5. The molecule has 59 heavy (non-hydrogen) atoms. The highest BCUT2D eigenvalue weighted by molar-refractivity contribution is 5.78. The first-order valence-electron chi connectivity index (χ1n) is 23.6. The van der Waals surface area contributed by atoms with E-state index in [2.05, 4.69) is 123 Å². The van der Waals surface area contributed by atoms with Gasteiger partial charge in [0.15, 0.2) is 0 Å². The standard InChI is InChI=1S/C53H87NO5/c1-4-7-10-13-16-19-21-23-25-26-27-28-30-33-35-38-41-44-49(59-53(58)46-43-40-37-34-31-29-24-22-20-17-14-11-8-5-2)47-52(57)54-50(48-55)51(56)45-42-39-36-32-18-15-12-9-6-3/h7-8,10-11,16-17,19-20,23-25,27-29,33,35,41,44,49-51,55-56H,4-6,9,12-15,18,21-22,26,30-32,34,36-40,42-43,45-48H2,1-3H3,(H,54,57)/b10-7-,11-8+,19-16-,20-17+,25-23-,28-27-,29-24+,35-33-,44-41-. The third-order valence-electron chi connectivity index (χ3n) is 9.84. The van der Waals surface area contributed by atoms with Crippen LogP contribution in [0.15, 0.2) is 109 Å². The SMILES string of the molecule is CC/C=C\C/C=C\C/C=C\C/C=C\C/C=C\C/C=C\C(CC(=O)NC(CO)C(O)CCCCCCCCCCC)OC(=O)CCCCCC/C=C/C/C=C/C/C=C/CC. The van der Waals surface area contributed by atoms with Crippen LogP contribution in [0.25, 0.3) is 0 Å². The van der Waals surface area contributed by atoms with Crippen molar-refractivity contribution in [3.8, 4) is 0 Å². The Kier molecular flexibility index (Phi) is 42.9. The van der Waals surface area contributed by atoms with Gasteiger partial charge < -0.3 is 20.3 Å². The summed E-state index contributed by atoms with van der Waals surface area (Å²) in [4.78, 5) is 26.0. The lowest BCUT2D eigenvalue weighted by Crippen LogP contribution is -2.46. The van der Waals surface area contributed by atoms with Crippen LogP contribution >= 0.6 is 0 Å². The van der Waals surface area contributed by atoms with Crippen molar-refractivity contribution in [1.82, 2.24) is 5.32 Å². The minimum atomic E-state index is -0.828. The Morgan fingerprint density at radius 1 is 0.525 bits per heavy atom. The largest absolute Gasteiger partial charge is 0.458 e. The quantitative estimate of drug-likeness (QED) is 0.0325. The number of nitrogens with one attached hydrogen (secondary N) is 1. The Hall–Kier alpha value is -3.48. The molecule has 0 aromatic heterocycles. The number of ether oxygens (including phenoxy) is 1. The van der Waals surface area contributed by atoms with Crippen LogP contribution in [0, 0.1) is 0 Å². The zero-order valence-electron chi connectivity index (χ0n) is 37.8. The molecule has 0 fully saturated rings. The van der Waals surface area contributed by atoms with Crippen LogP contribution in [0.1, 0.15) is 188 Å². The fraction of sp³-hybridized carbons (Fsp3) is 0.623. The van der Waals surface area contributed by atoms with Crippen LogP contribution in [0.3, 0.4) is 0 Å². The van der Waals surface area contributed by atoms with Gasteiger partial charge in [0.2, 0.25) is 5.91 Å². The van der Waals surface area contributed by atoms with Crippen molar-refractivity contribution < 1.29 is 24.5 Å². The summed E-state index contributed by atoms with van der Waals surface area (Å²) in [6.45, 7) is 6.17. The van der Waals surface area contributed by atoms with Gasteiger partial charge in [-0.05, 0) is 89.5 Å². The van der Waals surface area contributed by atoms with Gasteiger partial charge in [0.25, 0.3) is 0 Å². The fourth-order valence-electron chi connectivity index (χ4n) is 6.32. The lowest BCUT2D eigenvalue weighted by Gasteiger charge is -2.23. The minimum Gasteiger partial charge on any atom is -0.458 e. The number of aliphatic hydroxyl groups is 2.